The number of phosphoric acid groups is 1. The molecule has 1 fully saturated rings. The van der Waals surface area contributed by atoms with Crippen LogP contribution in [0, 0.1) is 5.92 Å². The monoisotopic (exact) mass is 834 g/mol. The van der Waals surface area contributed by atoms with E-state index in [0.717, 1.165) is 6.92 Å². The maximum atomic E-state index is 13.9. The number of aliphatic hydroxyl groups is 3. The minimum Gasteiger partial charge on any atom is -0.396 e. The van der Waals surface area contributed by atoms with Crippen molar-refractivity contribution in [1.29, 1.82) is 0 Å². The molecule has 1 unspecified atom stereocenters. The Morgan fingerprint density at radius 1 is 0.965 bits per heavy atom. The molecule has 0 aromatic carbocycles. The number of nitrogens with zero attached hydrogens (tertiary/aromatic N) is 3. The molecular weight excluding hydrogens is 775 g/mol. The number of primary amides is 1. The van der Waals surface area contributed by atoms with Crippen LogP contribution in [-0.2, 0) is 55.6 Å². The fourth-order valence-corrected chi connectivity index (χ4v) is 6.31. The van der Waals surface area contributed by atoms with E-state index in [1.54, 1.807) is 18.4 Å². The van der Waals surface area contributed by atoms with Crippen LogP contribution in [0.3, 0.4) is 0 Å². The lowest BCUT2D eigenvalue weighted by Gasteiger charge is -2.40. The van der Waals surface area contributed by atoms with Crippen molar-refractivity contribution in [3.8, 4) is 0 Å². The average Bonchev–Trinajstić information content (AvgIpc) is 3.53. The fraction of sp³-hybridized carbons (Fsp3) is 0.735. The van der Waals surface area contributed by atoms with Gasteiger partial charge >= 0.3 is 7.82 Å². The average molecular weight is 835 g/mol. The Bertz CT molecular complexity index is 1570. The van der Waals surface area contributed by atoms with E-state index in [2.05, 4.69) is 30.8 Å². The number of ether oxygens (including phenoxy) is 1. The first-order chi connectivity index (χ1) is 26.6. The molecule has 1 aromatic rings. The van der Waals surface area contributed by atoms with Gasteiger partial charge in [-0.15, -0.1) is 0 Å². The van der Waals surface area contributed by atoms with E-state index < -0.39 is 85.9 Å². The maximum absolute atomic E-state index is 13.9. The predicted molar refractivity (Wildman–Crippen MR) is 200 cm³/mol. The zero-order valence-corrected chi connectivity index (χ0v) is 33.9. The topological polar surface area (TPSA) is 334 Å². The van der Waals surface area contributed by atoms with Gasteiger partial charge in [-0.25, -0.2) is 9.55 Å². The molecule has 6 atom stereocenters. The number of nitrogens with two attached hydrogens (primary N) is 1. The summed E-state index contributed by atoms with van der Waals surface area (Å²) in [5.74, 6) is -5.24. The number of carbonyl (C=O) groups excluding carboxylic acids is 6. The molecule has 1 aliphatic rings. The van der Waals surface area contributed by atoms with Crippen molar-refractivity contribution in [3.05, 3.63) is 18.2 Å². The third-order valence-corrected chi connectivity index (χ3v) is 9.62. The highest BCUT2D eigenvalue weighted by Gasteiger charge is 2.40. The van der Waals surface area contributed by atoms with Crippen molar-refractivity contribution in [2.45, 2.75) is 122 Å². The van der Waals surface area contributed by atoms with Crippen molar-refractivity contribution >= 4 is 43.3 Å². The van der Waals surface area contributed by atoms with Gasteiger partial charge < -0.3 is 66.3 Å². The van der Waals surface area contributed by atoms with Crippen LogP contribution in [0.25, 0.3) is 0 Å². The number of imidazole rings is 1. The number of aliphatic hydroxyl groups excluding tert-OH is 3. The highest BCUT2D eigenvalue weighted by molar-refractivity contribution is 7.46. The molecule has 2 rings (SSSR count). The number of amides is 6. The fourth-order valence-electron chi connectivity index (χ4n) is 5.75. The second kappa shape index (κ2) is 22.8. The van der Waals surface area contributed by atoms with Gasteiger partial charge in [0.25, 0.3) is 0 Å². The zero-order chi connectivity index (χ0) is 43.1. The molecule has 1 aliphatic heterocycles. The molecule has 1 aromatic heterocycles. The number of hydrogen-bond donors (Lipinski definition) is 10. The highest BCUT2D eigenvalue weighted by atomic mass is 31.2. The predicted octanol–water partition coefficient (Wildman–Crippen LogP) is -3.06. The molecule has 23 heteroatoms. The zero-order valence-electron chi connectivity index (χ0n) is 33.0. The lowest BCUT2D eigenvalue weighted by Crippen LogP contribution is -2.63. The third-order valence-electron chi connectivity index (χ3n) is 9.02. The molecule has 324 valence electrons. The summed E-state index contributed by atoms with van der Waals surface area (Å²) < 4.78 is 23.0. The van der Waals surface area contributed by atoms with Gasteiger partial charge in [0.1, 0.15) is 30.2 Å². The smallest absolute Gasteiger partial charge is 0.396 e. The summed E-state index contributed by atoms with van der Waals surface area (Å²) >= 11 is 0. The molecule has 22 nitrogen and oxygen atoms in total. The SMILES string of the molecule is CC(C)C[C@H](NC(=O)C1CCN1C(=O)CCOC(C)(C)CO)C(=O)N[C@@H](Cc1cncn1CCCCO)C(=O)N[C@@H](CO)C(=O)N[C@H](C(N)=O)[C@@H](C)OP(=O)(O)O. The summed E-state index contributed by atoms with van der Waals surface area (Å²) in [5.41, 5.74) is 4.93. The second-order valence-corrected chi connectivity index (χ2v) is 16.0. The Balaban J connectivity index is 2.30. The van der Waals surface area contributed by atoms with Crippen LogP contribution in [0.15, 0.2) is 12.5 Å². The maximum Gasteiger partial charge on any atom is 0.469 e. The number of likely N-dealkylation sites (tertiary alicyclic amines) is 1. The van der Waals surface area contributed by atoms with Crippen LogP contribution in [0.1, 0.15) is 72.4 Å². The lowest BCUT2D eigenvalue weighted by atomic mass is 9.98. The van der Waals surface area contributed by atoms with E-state index in [1.807, 2.05) is 13.8 Å². The molecule has 0 aliphatic carbocycles. The molecule has 0 spiro atoms. The van der Waals surface area contributed by atoms with Crippen LogP contribution in [0.4, 0.5) is 0 Å². The van der Waals surface area contributed by atoms with Gasteiger partial charge in [-0.1, -0.05) is 13.8 Å². The van der Waals surface area contributed by atoms with Gasteiger partial charge in [0.05, 0.1) is 44.3 Å². The van der Waals surface area contributed by atoms with Crippen molar-refractivity contribution in [2.75, 3.05) is 33.0 Å². The minimum absolute atomic E-state index is 0.0219. The van der Waals surface area contributed by atoms with E-state index in [-0.39, 0.29) is 50.9 Å². The molecular formula is C34H59N8O14P. The first-order valence-corrected chi connectivity index (χ1v) is 20.2. The molecule has 6 amide bonds. The van der Waals surface area contributed by atoms with Gasteiger partial charge in [0.15, 0.2) is 0 Å². The van der Waals surface area contributed by atoms with Crippen molar-refractivity contribution in [1.82, 2.24) is 35.7 Å². The van der Waals surface area contributed by atoms with Gasteiger partial charge in [-0.3, -0.25) is 33.3 Å². The summed E-state index contributed by atoms with van der Waals surface area (Å²) in [6.45, 7) is 7.42. The Kier molecular flexibility index (Phi) is 19.6. The van der Waals surface area contributed by atoms with E-state index in [1.165, 1.54) is 17.4 Å². The molecule has 57 heavy (non-hydrogen) atoms. The first kappa shape index (κ1) is 49.1. The highest BCUT2D eigenvalue weighted by Crippen LogP contribution is 2.38. The molecule has 11 N–H and O–H groups in total. The Morgan fingerprint density at radius 2 is 1.60 bits per heavy atom. The van der Waals surface area contributed by atoms with Crippen LogP contribution in [0.5, 0.6) is 0 Å². The van der Waals surface area contributed by atoms with Crippen LogP contribution in [-0.4, -0.2) is 150 Å². The molecule has 2 heterocycles. The van der Waals surface area contributed by atoms with Crippen molar-refractivity contribution < 1.29 is 67.7 Å². The van der Waals surface area contributed by atoms with E-state index in [0.29, 0.717) is 38.0 Å². The lowest BCUT2D eigenvalue weighted by molar-refractivity contribution is -0.150. The number of nitrogens with one attached hydrogen (secondary N) is 4. The first-order valence-electron chi connectivity index (χ1n) is 18.6. The summed E-state index contributed by atoms with van der Waals surface area (Å²) in [4.78, 5) is 103. The largest absolute Gasteiger partial charge is 0.469 e. The van der Waals surface area contributed by atoms with Crippen molar-refractivity contribution in [3.63, 3.8) is 0 Å². The van der Waals surface area contributed by atoms with Gasteiger partial charge in [0.2, 0.25) is 35.4 Å². The van der Waals surface area contributed by atoms with Crippen LogP contribution in [0.2, 0.25) is 0 Å². The quantitative estimate of drug-likeness (QED) is 0.0327. The number of hydrogen-bond acceptors (Lipinski definition) is 13. The summed E-state index contributed by atoms with van der Waals surface area (Å²) in [6.07, 6.45) is 2.58. The molecule has 0 radical (unpaired) electrons. The Morgan fingerprint density at radius 3 is 2.14 bits per heavy atom. The van der Waals surface area contributed by atoms with E-state index in [9.17, 15) is 48.7 Å². The standard InChI is InChI=1S/C34H59N8O14P/c1-20(2)14-23(38-33(51)26-8-11-42(26)27(46)9-13-55-34(4,5)18-45)30(48)37-24(15-22-16-36-19-41(22)10-6-7-12-43)31(49)39-25(17-44)32(50)40-28(29(35)47)21(3)56-57(52,53)54/h16,19-21,23-26,28,43-45H,6-15,17-18H2,1-5H3,(H2,35,47)(H,37,48)(H,38,51)(H,39,49)(H,40,50)(H2,52,53,54)/t21-,23+,24+,25+,26?,28+/m1/s1. The van der Waals surface area contributed by atoms with Gasteiger partial charge in [-0.2, -0.15) is 0 Å². The molecule has 1 saturated heterocycles. The van der Waals surface area contributed by atoms with Crippen LogP contribution >= 0.6 is 7.82 Å². The number of unbranched alkanes of at least 4 members (excludes halogenated alkanes) is 1. The Hall–Kier alpha value is -4.02. The minimum atomic E-state index is -5.12. The normalized spacial score (nSPS) is 17.1. The van der Waals surface area contributed by atoms with Gasteiger partial charge in [0, 0.05) is 38.0 Å². The molecule has 0 saturated carbocycles. The van der Waals surface area contributed by atoms with Gasteiger partial charge in [-0.05, 0) is 52.4 Å². The summed E-state index contributed by atoms with van der Waals surface area (Å²) in [7, 11) is -5.12. The summed E-state index contributed by atoms with van der Waals surface area (Å²) in [6, 6.07) is -7.05. The summed E-state index contributed by atoms with van der Waals surface area (Å²) in [5, 5.41) is 38.4. The number of phosphoric ester groups is 1. The number of rotatable bonds is 26. The second-order valence-electron chi connectivity index (χ2n) is 14.8. The van der Waals surface area contributed by atoms with E-state index >= 15 is 0 Å². The van der Waals surface area contributed by atoms with Crippen LogP contribution < -0.4 is 27.0 Å². The molecule has 0 bridgehead atoms. The Labute approximate surface area is 330 Å². The number of aromatic nitrogens is 2. The number of carbonyl (C=O) groups is 6. The van der Waals surface area contributed by atoms with Crippen molar-refractivity contribution in [2.24, 2.45) is 11.7 Å². The van der Waals surface area contributed by atoms with E-state index in [4.69, 9.17) is 20.3 Å². The number of aryl methyl sites for hydroxylation is 1. The third kappa shape index (κ3) is 16.4.